The van der Waals surface area contributed by atoms with Crippen molar-refractivity contribution >= 4 is 11.8 Å². The molecule has 1 N–H and O–H groups in total. The maximum absolute atomic E-state index is 13.2. The lowest BCUT2D eigenvalue weighted by molar-refractivity contribution is -0.139. The highest BCUT2D eigenvalue weighted by molar-refractivity contribution is 5.83. The number of hydrogen-bond donors (Lipinski definition) is 1. The van der Waals surface area contributed by atoms with Gasteiger partial charge in [-0.2, -0.15) is 0 Å². The quantitative estimate of drug-likeness (QED) is 0.871. The average molecular weight is 364 g/mol. The number of likely N-dealkylation sites (tertiary alicyclic amines) is 1. The van der Waals surface area contributed by atoms with Crippen molar-refractivity contribution < 1.29 is 18.4 Å². The van der Waals surface area contributed by atoms with Gasteiger partial charge in [-0.3, -0.25) is 9.59 Å². The van der Waals surface area contributed by atoms with Gasteiger partial charge in [0.15, 0.2) is 11.6 Å². The third-order valence-electron chi connectivity index (χ3n) is 5.53. The van der Waals surface area contributed by atoms with Crippen LogP contribution in [-0.4, -0.2) is 29.8 Å². The molecule has 2 amide bonds. The number of halogens is 2. The Morgan fingerprint density at radius 3 is 2.62 bits per heavy atom. The number of nitrogens with zero attached hydrogens (tertiary/aromatic N) is 1. The number of hydrogen-bond acceptors (Lipinski definition) is 2. The van der Waals surface area contributed by atoms with Crippen molar-refractivity contribution in [3.05, 3.63) is 35.4 Å². The molecule has 1 atom stereocenters. The van der Waals surface area contributed by atoms with Crippen LogP contribution in [0.4, 0.5) is 8.78 Å². The normalized spacial score (nSPS) is 21.7. The topological polar surface area (TPSA) is 49.4 Å². The molecule has 1 aromatic rings. The molecule has 26 heavy (non-hydrogen) atoms. The summed E-state index contributed by atoms with van der Waals surface area (Å²) in [5, 5.41) is 2.79. The highest BCUT2D eigenvalue weighted by atomic mass is 19.2. The van der Waals surface area contributed by atoms with E-state index in [0.29, 0.717) is 30.9 Å². The van der Waals surface area contributed by atoms with Crippen molar-refractivity contribution in [2.75, 3.05) is 13.1 Å². The molecule has 0 spiro atoms. The number of nitrogens with one attached hydrogen (secondary N) is 1. The van der Waals surface area contributed by atoms with Crippen LogP contribution in [0.15, 0.2) is 18.2 Å². The molecule has 1 aromatic carbocycles. The van der Waals surface area contributed by atoms with Crippen LogP contribution in [-0.2, 0) is 16.1 Å². The van der Waals surface area contributed by atoms with Gasteiger partial charge in [0.1, 0.15) is 0 Å². The molecule has 6 heteroatoms. The largest absolute Gasteiger partial charge is 0.352 e. The average Bonchev–Trinajstić information content (AvgIpc) is 2.65. The van der Waals surface area contributed by atoms with E-state index in [1.807, 2.05) is 4.90 Å². The lowest BCUT2D eigenvalue weighted by atomic mass is 9.87. The Labute approximate surface area is 152 Å². The zero-order chi connectivity index (χ0) is 18.5. The first-order valence-corrected chi connectivity index (χ1v) is 9.52. The Morgan fingerprint density at radius 1 is 1.12 bits per heavy atom. The van der Waals surface area contributed by atoms with Gasteiger partial charge in [-0.05, 0) is 42.9 Å². The van der Waals surface area contributed by atoms with Gasteiger partial charge in [-0.1, -0.05) is 25.3 Å². The molecule has 1 aliphatic heterocycles. The van der Waals surface area contributed by atoms with Crippen LogP contribution in [0.5, 0.6) is 0 Å². The van der Waals surface area contributed by atoms with Crippen molar-refractivity contribution in [2.24, 2.45) is 11.8 Å². The van der Waals surface area contributed by atoms with E-state index in [9.17, 15) is 18.4 Å². The minimum absolute atomic E-state index is 0.129. The van der Waals surface area contributed by atoms with Crippen molar-refractivity contribution in [3.63, 3.8) is 0 Å². The van der Waals surface area contributed by atoms with Crippen molar-refractivity contribution in [1.82, 2.24) is 10.2 Å². The lowest BCUT2D eigenvalue weighted by Crippen LogP contribution is -2.47. The molecular weight excluding hydrogens is 338 g/mol. The van der Waals surface area contributed by atoms with E-state index in [-0.39, 0.29) is 24.3 Å². The Balaban J connectivity index is 1.51. The molecule has 142 valence electrons. The molecule has 2 aliphatic rings. The van der Waals surface area contributed by atoms with Crippen LogP contribution in [0, 0.1) is 23.5 Å². The van der Waals surface area contributed by atoms with E-state index >= 15 is 0 Å². The summed E-state index contributed by atoms with van der Waals surface area (Å²) < 4.78 is 26.2. The molecular formula is C20H26F2N2O2. The molecule has 1 saturated carbocycles. The summed E-state index contributed by atoms with van der Waals surface area (Å²) in [5.74, 6) is -1.49. The van der Waals surface area contributed by atoms with E-state index in [1.165, 1.54) is 25.3 Å². The smallest absolute Gasteiger partial charge is 0.225 e. The fraction of sp³-hybridized carbons (Fsp3) is 0.600. The summed E-state index contributed by atoms with van der Waals surface area (Å²) in [5.41, 5.74) is 0.517. The molecule has 2 fully saturated rings. The van der Waals surface area contributed by atoms with E-state index in [1.54, 1.807) is 0 Å². The van der Waals surface area contributed by atoms with Gasteiger partial charge in [-0.25, -0.2) is 8.78 Å². The number of rotatable bonds is 5. The Bertz CT molecular complexity index is 659. The summed E-state index contributed by atoms with van der Waals surface area (Å²) in [4.78, 5) is 26.5. The van der Waals surface area contributed by atoms with Crippen LogP contribution in [0.1, 0.15) is 50.5 Å². The first kappa shape index (κ1) is 18.8. The van der Waals surface area contributed by atoms with Crippen LogP contribution in [0.2, 0.25) is 0 Å². The monoisotopic (exact) mass is 364 g/mol. The number of piperidine rings is 1. The number of carbonyl (C=O) groups excluding carboxylic acids is 2. The first-order valence-electron chi connectivity index (χ1n) is 9.52. The summed E-state index contributed by atoms with van der Waals surface area (Å²) in [6, 6.07) is 3.61. The standard InChI is InChI=1S/C20H26F2N2O2/c21-17-8-6-15(10-18(17)22)11-23-20(26)16-7-9-19(25)24(13-16)12-14-4-2-1-3-5-14/h6,8,10,14,16H,1-5,7,9,11-13H2,(H,23,26)/t16-/m1/s1. The molecule has 1 aliphatic carbocycles. The minimum atomic E-state index is -0.918. The highest BCUT2D eigenvalue weighted by Gasteiger charge is 2.31. The molecule has 0 aromatic heterocycles. The highest BCUT2D eigenvalue weighted by Crippen LogP contribution is 2.27. The van der Waals surface area contributed by atoms with Gasteiger partial charge in [-0.15, -0.1) is 0 Å². The summed E-state index contributed by atoms with van der Waals surface area (Å²) >= 11 is 0. The molecule has 1 heterocycles. The number of carbonyl (C=O) groups is 2. The van der Waals surface area contributed by atoms with Crippen molar-refractivity contribution in [1.29, 1.82) is 0 Å². The minimum Gasteiger partial charge on any atom is -0.352 e. The van der Waals surface area contributed by atoms with Crippen LogP contribution < -0.4 is 5.32 Å². The van der Waals surface area contributed by atoms with Crippen molar-refractivity contribution in [3.8, 4) is 0 Å². The van der Waals surface area contributed by atoms with Gasteiger partial charge in [0, 0.05) is 26.1 Å². The third-order valence-corrected chi connectivity index (χ3v) is 5.53. The zero-order valence-corrected chi connectivity index (χ0v) is 15.0. The summed E-state index contributed by atoms with van der Waals surface area (Å²) in [6.45, 7) is 1.37. The molecule has 3 rings (SSSR count). The Hall–Kier alpha value is -1.98. The fourth-order valence-corrected chi connectivity index (χ4v) is 3.97. The van der Waals surface area contributed by atoms with E-state index in [0.717, 1.165) is 31.5 Å². The van der Waals surface area contributed by atoms with Crippen LogP contribution in [0.25, 0.3) is 0 Å². The summed E-state index contributed by atoms with van der Waals surface area (Å²) in [6.07, 6.45) is 7.00. The van der Waals surface area contributed by atoms with Gasteiger partial charge in [0.25, 0.3) is 0 Å². The molecule has 0 bridgehead atoms. The second-order valence-corrected chi connectivity index (χ2v) is 7.50. The fourth-order valence-electron chi connectivity index (χ4n) is 3.97. The van der Waals surface area contributed by atoms with Gasteiger partial charge in [0.05, 0.1) is 5.92 Å². The van der Waals surface area contributed by atoms with Crippen LogP contribution >= 0.6 is 0 Å². The second kappa shape index (κ2) is 8.60. The van der Waals surface area contributed by atoms with Gasteiger partial charge < -0.3 is 10.2 Å². The summed E-state index contributed by atoms with van der Waals surface area (Å²) in [7, 11) is 0. The Kier molecular flexibility index (Phi) is 6.22. The molecule has 1 saturated heterocycles. The number of amides is 2. The van der Waals surface area contributed by atoms with E-state index < -0.39 is 11.6 Å². The first-order chi connectivity index (χ1) is 12.5. The van der Waals surface area contributed by atoms with Crippen LogP contribution in [0.3, 0.4) is 0 Å². The van der Waals surface area contributed by atoms with Crippen molar-refractivity contribution in [2.45, 2.75) is 51.5 Å². The predicted octanol–water partition coefficient (Wildman–Crippen LogP) is 3.40. The Morgan fingerprint density at radius 2 is 1.88 bits per heavy atom. The predicted molar refractivity (Wildman–Crippen MR) is 94.1 cm³/mol. The zero-order valence-electron chi connectivity index (χ0n) is 15.0. The molecule has 0 radical (unpaired) electrons. The van der Waals surface area contributed by atoms with Gasteiger partial charge >= 0.3 is 0 Å². The molecule has 4 nitrogen and oxygen atoms in total. The number of benzene rings is 1. The SMILES string of the molecule is O=C(NCc1ccc(F)c(F)c1)[C@@H]1CCC(=O)N(CC2CCCCC2)C1. The maximum atomic E-state index is 13.2. The maximum Gasteiger partial charge on any atom is 0.225 e. The van der Waals surface area contributed by atoms with Gasteiger partial charge in [0.2, 0.25) is 11.8 Å². The third kappa shape index (κ3) is 4.80. The lowest BCUT2D eigenvalue weighted by Gasteiger charge is -2.35. The molecule has 0 unspecified atom stereocenters. The van der Waals surface area contributed by atoms with E-state index in [2.05, 4.69) is 5.32 Å². The van der Waals surface area contributed by atoms with E-state index in [4.69, 9.17) is 0 Å². The second-order valence-electron chi connectivity index (χ2n) is 7.50.